The monoisotopic (exact) mass is 437 g/mol. The van der Waals surface area contributed by atoms with Crippen molar-refractivity contribution in [2.45, 2.75) is 18.8 Å². The standard InChI is InChI=1S/C20H18F3N3O5/c1-19(12-6-8-14(30-2)9-7-12)17(28)26(18(29)25-19)11-16(27)24-13-4-3-5-15(10-13)31-20(21,22)23/h3-10H,11H2,1-2H3,(H,24,27)(H,25,29). The molecule has 2 aromatic rings. The summed E-state index contributed by atoms with van der Waals surface area (Å²) in [5, 5.41) is 4.90. The Morgan fingerprint density at radius 3 is 2.42 bits per heavy atom. The first kappa shape index (κ1) is 21.9. The molecule has 0 radical (unpaired) electrons. The Kier molecular flexibility index (Phi) is 5.78. The molecule has 1 aliphatic rings. The number of carbonyl (C=O) groups excluding carboxylic acids is 3. The smallest absolute Gasteiger partial charge is 0.497 e. The normalized spacial score (nSPS) is 18.5. The molecule has 1 unspecified atom stereocenters. The summed E-state index contributed by atoms with van der Waals surface area (Å²) in [4.78, 5) is 38.3. The molecule has 4 amide bonds. The van der Waals surface area contributed by atoms with Gasteiger partial charge in [-0.1, -0.05) is 18.2 Å². The second-order valence-corrected chi connectivity index (χ2v) is 6.80. The number of ether oxygens (including phenoxy) is 2. The van der Waals surface area contributed by atoms with Crippen molar-refractivity contribution in [2.24, 2.45) is 0 Å². The zero-order valence-corrected chi connectivity index (χ0v) is 16.4. The van der Waals surface area contributed by atoms with Crippen LogP contribution in [0.25, 0.3) is 0 Å². The maximum Gasteiger partial charge on any atom is 0.573 e. The van der Waals surface area contributed by atoms with E-state index in [9.17, 15) is 27.6 Å². The molecule has 11 heteroatoms. The summed E-state index contributed by atoms with van der Waals surface area (Å²) >= 11 is 0. The topological polar surface area (TPSA) is 97.0 Å². The van der Waals surface area contributed by atoms with Crippen molar-refractivity contribution in [1.82, 2.24) is 10.2 Å². The molecule has 1 aliphatic heterocycles. The van der Waals surface area contributed by atoms with Gasteiger partial charge in [0.1, 0.15) is 23.6 Å². The molecular formula is C20H18F3N3O5. The molecule has 1 fully saturated rings. The molecule has 8 nitrogen and oxygen atoms in total. The molecular weight excluding hydrogens is 419 g/mol. The summed E-state index contributed by atoms with van der Waals surface area (Å²) in [7, 11) is 1.49. The molecule has 0 bridgehead atoms. The van der Waals surface area contributed by atoms with Crippen LogP contribution < -0.4 is 20.1 Å². The lowest BCUT2D eigenvalue weighted by Gasteiger charge is -2.22. The van der Waals surface area contributed by atoms with Crippen LogP contribution in [0.2, 0.25) is 0 Å². The maximum absolute atomic E-state index is 12.9. The second kappa shape index (κ2) is 8.17. The molecule has 31 heavy (non-hydrogen) atoms. The van der Waals surface area contributed by atoms with E-state index in [2.05, 4.69) is 15.4 Å². The van der Waals surface area contributed by atoms with Gasteiger partial charge < -0.3 is 20.1 Å². The van der Waals surface area contributed by atoms with Crippen LogP contribution in [0, 0.1) is 0 Å². The van der Waals surface area contributed by atoms with E-state index < -0.39 is 42.0 Å². The van der Waals surface area contributed by atoms with Crippen LogP contribution in [0.3, 0.4) is 0 Å². The zero-order valence-electron chi connectivity index (χ0n) is 16.4. The van der Waals surface area contributed by atoms with E-state index in [1.54, 1.807) is 24.3 Å². The highest BCUT2D eigenvalue weighted by Gasteiger charge is 2.49. The molecule has 0 spiro atoms. The lowest BCUT2D eigenvalue weighted by Crippen LogP contribution is -2.42. The van der Waals surface area contributed by atoms with Gasteiger partial charge in [-0.15, -0.1) is 13.2 Å². The largest absolute Gasteiger partial charge is 0.573 e. The van der Waals surface area contributed by atoms with Gasteiger partial charge in [-0.2, -0.15) is 0 Å². The molecule has 3 rings (SSSR count). The summed E-state index contributed by atoms with van der Waals surface area (Å²) in [6, 6.07) is 10.4. The number of amides is 4. The number of carbonyl (C=O) groups is 3. The Morgan fingerprint density at radius 2 is 1.81 bits per heavy atom. The highest BCUT2D eigenvalue weighted by molar-refractivity contribution is 6.10. The fourth-order valence-electron chi connectivity index (χ4n) is 3.08. The minimum absolute atomic E-state index is 0.0109. The van der Waals surface area contributed by atoms with Gasteiger partial charge in [0.15, 0.2) is 0 Å². The number of anilines is 1. The number of nitrogens with zero attached hydrogens (tertiary/aromatic N) is 1. The van der Waals surface area contributed by atoms with E-state index in [0.717, 1.165) is 17.0 Å². The fraction of sp³-hybridized carbons (Fsp3) is 0.250. The number of alkyl halides is 3. The zero-order chi connectivity index (χ0) is 22.8. The van der Waals surface area contributed by atoms with E-state index in [0.29, 0.717) is 11.3 Å². The first-order valence-electron chi connectivity index (χ1n) is 8.96. The van der Waals surface area contributed by atoms with Crippen molar-refractivity contribution in [1.29, 1.82) is 0 Å². The minimum Gasteiger partial charge on any atom is -0.497 e. The number of hydrogen-bond donors (Lipinski definition) is 2. The van der Waals surface area contributed by atoms with Crippen molar-refractivity contribution in [3.05, 3.63) is 54.1 Å². The maximum atomic E-state index is 12.9. The summed E-state index contributed by atoms with van der Waals surface area (Å²) in [5.41, 5.74) is -0.882. The lowest BCUT2D eigenvalue weighted by molar-refractivity contribution is -0.274. The van der Waals surface area contributed by atoms with Crippen LogP contribution in [0.4, 0.5) is 23.7 Å². The van der Waals surface area contributed by atoms with Crippen molar-refractivity contribution in [2.75, 3.05) is 19.0 Å². The summed E-state index contributed by atoms with van der Waals surface area (Å²) in [6.07, 6.45) is -4.88. The third kappa shape index (κ3) is 4.87. The number of benzene rings is 2. The van der Waals surface area contributed by atoms with Gasteiger partial charge in [-0.25, -0.2) is 4.79 Å². The van der Waals surface area contributed by atoms with E-state index in [-0.39, 0.29) is 5.69 Å². The summed E-state index contributed by atoms with van der Waals surface area (Å²) in [5.74, 6) is -1.37. The van der Waals surface area contributed by atoms with Crippen LogP contribution in [0.1, 0.15) is 12.5 Å². The average molecular weight is 437 g/mol. The molecule has 0 aromatic heterocycles. The second-order valence-electron chi connectivity index (χ2n) is 6.80. The molecule has 0 aliphatic carbocycles. The van der Waals surface area contributed by atoms with Crippen molar-refractivity contribution >= 4 is 23.5 Å². The Hall–Kier alpha value is -3.76. The Morgan fingerprint density at radius 1 is 1.13 bits per heavy atom. The minimum atomic E-state index is -4.88. The number of halogens is 3. The number of rotatable bonds is 6. The number of hydrogen-bond acceptors (Lipinski definition) is 5. The predicted molar refractivity (Wildman–Crippen MR) is 102 cm³/mol. The third-order valence-corrected chi connectivity index (χ3v) is 4.60. The van der Waals surface area contributed by atoms with Crippen molar-refractivity contribution in [3.63, 3.8) is 0 Å². The van der Waals surface area contributed by atoms with Crippen LogP contribution in [-0.2, 0) is 15.1 Å². The quantitative estimate of drug-likeness (QED) is 0.678. The molecule has 2 N–H and O–H groups in total. The molecule has 1 atom stereocenters. The van der Waals surface area contributed by atoms with Crippen LogP contribution >= 0.6 is 0 Å². The highest BCUT2D eigenvalue weighted by atomic mass is 19.4. The van der Waals surface area contributed by atoms with E-state index >= 15 is 0 Å². The molecule has 0 saturated carbocycles. The molecule has 2 aromatic carbocycles. The van der Waals surface area contributed by atoms with Gasteiger partial charge in [-0.05, 0) is 36.8 Å². The van der Waals surface area contributed by atoms with Crippen molar-refractivity contribution in [3.8, 4) is 11.5 Å². The first-order valence-corrected chi connectivity index (χ1v) is 8.96. The summed E-state index contributed by atoms with van der Waals surface area (Å²) in [6.45, 7) is 0.881. The SMILES string of the molecule is COc1ccc(C2(C)NC(=O)N(CC(=O)Nc3cccc(OC(F)(F)F)c3)C2=O)cc1. The lowest BCUT2D eigenvalue weighted by atomic mass is 9.92. The van der Waals surface area contributed by atoms with Crippen LogP contribution in [0.15, 0.2) is 48.5 Å². The highest BCUT2D eigenvalue weighted by Crippen LogP contribution is 2.30. The first-order chi connectivity index (χ1) is 14.5. The number of nitrogens with one attached hydrogen (secondary N) is 2. The van der Waals surface area contributed by atoms with Crippen LogP contribution in [0.5, 0.6) is 11.5 Å². The van der Waals surface area contributed by atoms with E-state index in [1.807, 2.05) is 0 Å². The van der Waals surface area contributed by atoms with Crippen molar-refractivity contribution < 1.29 is 37.0 Å². The molecule has 164 valence electrons. The number of urea groups is 1. The summed E-state index contributed by atoms with van der Waals surface area (Å²) < 4.78 is 45.9. The van der Waals surface area contributed by atoms with Gasteiger partial charge in [0, 0.05) is 11.8 Å². The van der Waals surface area contributed by atoms with Gasteiger partial charge in [0.2, 0.25) is 5.91 Å². The predicted octanol–water partition coefficient (Wildman–Crippen LogP) is 3.00. The van der Waals surface area contributed by atoms with Gasteiger partial charge in [0.05, 0.1) is 7.11 Å². The molecule has 1 heterocycles. The Bertz CT molecular complexity index is 1010. The fourth-order valence-corrected chi connectivity index (χ4v) is 3.08. The number of methoxy groups -OCH3 is 1. The van der Waals surface area contributed by atoms with Gasteiger partial charge >= 0.3 is 12.4 Å². The average Bonchev–Trinajstić information content (AvgIpc) is 2.91. The third-order valence-electron chi connectivity index (χ3n) is 4.60. The number of imide groups is 1. The molecule has 1 saturated heterocycles. The van der Waals surface area contributed by atoms with E-state index in [4.69, 9.17) is 4.74 Å². The van der Waals surface area contributed by atoms with Gasteiger partial charge in [-0.3, -0.25) is 14.5 Å². The Balaban J connectivity index is 1.69. The van der Waals surface area contributed by atoms with Gasteiger partial charge in [0.25, 0.3) is 5.91 Å². The van der Waals surface area contributed by atoms with E-state index in [1.165, 1.54) is 26.2 Å². The Labute approximate surface area is 174 Å². The van der Waals surface area contributed by atoms with Crippen LogP contribution in [-0.4, -0.2) is 42.8 Å².